The zero-order chi connectivity index (χ0) is 38.2. The monoisotopic (exact) mass is 738 g/mol. The minimum Gasteiger partial charge on any atom is -0.307 e. The zero-order valence-electron chi connectivity index (χ0n) is 31.4. The molecule has 0 N–H and O–H groups in total. The van der Waals surface area contributed by atoms with Crippen molar-refractivity contribution in [1.29, 1.82) is 0 Å². The van der Waals surface area contributed by atoms with Crippen LogP contribution < -0.4 is 0 Å². The standard InChI is InChI=1S/C54H34N4/c1-2-16-40(17-3-1)57-53(56-52-49(32-33-55-54(52)57)58-47-24-12-10-18-41(47)42-19-11-13-25-48(42)58)37-29-27-36(28-30-37)50-43-20-6-8-22-45(43)51(46-23-9-7-21-44(46)50)39-31-26-35-14-4-5-15-38(35)34-39/h1-34H. The molecule has 12 aromatic rings. The van der Waals surface area contributed by atoms with Crippen molar-refractivity contribution in [1.82, 2.24) is 19.1 Å². The highest BCUT2D eigenvalue weighted by Crippen LogP contribution is 2.45. The van der Waals surface area contributed by atoms with Gasteiger partial charge in [0.25, 0.3) is 0 Å². The van der Waals surface area contributed by atoms with Crippen molar-refractivity contribution in [2.75, 3.05) is 0 Å². The predicted octanol–water partition coefficient (Wildman–Crippen LogP) is 14.0. The van der Waals surface area contributed by atoms with Crippen molar-refractivity contribution in [3.8, 4) is 45.0 Å². The number of para-hydroxylation sites is 3. The van der Waals surface area contributed by atoms with Gasteiger partial charge in [0.15, 0.2) is 5.65 Å². The summed E-state index contributed by atoms with van der Waals surface area (Å²) in [4.78, 5) is 10.5. The summed E-state index contributed by atoms with van der Waals surface area (Å²) in [5.41, 5.74) is 11.8. The first-order valence-corrected chi connectivity index (χ1v) is 19.7. The molecule has 0 saturated carbocycles. The Morgan fingerprint density at radius 1 is 0.362 bits per heavy atom. The molecule has 12 rings (SSSR count). The maximum atomic E-state index is 5.48. The Morgan fingerprint density at radius 2 is 0.862 bits per heavy atom. The first-order chi connectivity index (χ1) is 28.8. The third-order valence-electron chi connectivity index (χ3n) is 11.8. The van der Waals surface area contributed by atoms with Crippen LogP contribution in [0.4, 0.5) is 0 Å². The highest BCUT2D eigenvalue weighted by Gasteiger charge is 2.22. The van der Waals surface area contributed by atoms with Crippen LogP contribution in [0.5, 0.6) is 0 Å². The van der Waals surface area contributed by atoms with Gasteiger partial charge in [-0.2, -0.15) is 0 Å². The molecule has 4 nitrogen and oxygen atoms in total. The Bertz CT molecular complexity index is 3450. The van der Waals surface area contributed by atoms with Crippen molar-refractivity contribution in [3.63, 3.8) is 0 Å². The molecule has 0 amide bonds. The first-order valence-electron chi connectivity index (χ1n) is 19.7. The lowest BCUT2D eigenvalue weighted by molar-refractivity contribution is 1.08. The van der Waals surface area contributed by atoms with Gasteiger partial charge in [-0.1, -0.05) is 164 Å². The highest BCUT2D eigenvalue weighted by atomic mass is 15.1. The van der Waals surface area contributed by atoms with Crippen LogP contribution >= 0.6 is 0 Å². The molecule has 0 aliphatic carbocycles. The second-order valence-electron chi connectivity index (χ2n) is 15.0. The molecule has 0 aliphatic rings. The van der Waals surface area contributed by atoms with Crippen molar-refractivity contribution >= 4 is 65.3 Å². The largest absolute Gasteiger partial charge is 0.307 e. The van der Waals surface area contributed by atoms with E-state index in [0.29, 0.717) is 0 Å². The summed E-state index contributed by atoms with van der Waals surface area (Å²) in [7, 11) is 0. The molecule has 0 aliphatic heterocycles. The number of imidazole rings is 1. The summed E-state index contributed by atoms with van der Waals surface area (Å²) >= 11 is 0. The van der Waals surface area contributed by atoms with Crippen LogP contribution in [0.2, 0.25) is 0 Å². The van der Waals surface area contributed by atoms with E-state index in [2.05, 4.69) is 203 Å². The fourth-order valence-electron chi connectivity index (χ4n) is 9.22. The van der Waals surface area contributed by atoms with Gasteiger partial charge in [-0.25, -0.2) is 9.97 Å². The summed E-state index contributed by atoms with van der Waals surface area (Å²) in [5.74, 6) is 0.842. The number of fused-ring (bicyclic) bond motifs is 7. The van der Waals surface area contributed by atoms with Crippen molar-refractivity contribution in [2.45, 2.75) is 0 Å². The molecule has 0 fully saturated rings. The number of rotatable bonds is 5. The van der Waals surface area contributed by atoms with E-state index < -0.39 is 0 Å². The van der Waals surface area contributed by atoms with Crippen LogP contribution in [-0.4, -0.2) is 19.1 Å². The van der Waals surface area contributed by atoms with E-state index in [-0.39, 0.29) is 0 Å². The van der Waals surface area contributed by atoms with Crippen LogP contribution in [0, 0.1) is 0 Å². The molecule has 58 heavy (non-hydrogen) atoms. The lowest BCUT2D eigenvalue weighted by Crippen LogP contribution is -1.99. The molecular formula is C54H34N4. The molecule has 0 atom stereocenters. The van der Waals surface area contributed by atoms with Gasteiger partial charge >= 0.3 is 0 Å². The quantitative estimate of drug-likeness (QED) is 0.165. The molecule has 0 unspecified atom stereocenters. The van der Waals surface area contributed by atoms with Crippen molar-refractivity contribution in [3.05, 3.63) is 206 Å². The van der Waals surface area contributed by atoms with Gasteiger partial charge in [0, 0.05) is 28.2 Å². The SMILES string of the molecule is c1ccc(-n2c(-c3ccc(-c4c5ccccc5c(-c5ccc6ccccc6c5)c5ccccc45)cc3)nc3c(-n4c5ccccc5c5ccccc54)ccnc32)cc1. The Morgan fingerprint density at radius 3 is 1.50 bits per heavy atom. The highest BCUT2D eigenvalue weighted by molar-refractivity contribution is 6.21. The molecule has 0 saturated heterocycles. The Labute approximate surface area is 334 Å². The molecule has 0 radical (unpaired) electrons. The second-order valence-corrected chi connectivity index (χ2v) is 15.0. The lowest BCUT2D eigenvalue weighted by atomic mass is 9.85. The van der Waals surface area contributed by atoms with Crippen LogP contribution in [0.15, 0.2) is 206 Å². The number of aromatic nitrogens is 4. The number of nitrogens with zero attached hydrogens (tertiary/aromatic N) is 4. The number of hydrogen-bond donors (Lipinski definition) is 0. The summed E-state index contributed by atoms with van der Waals surface area (Å²) in [5, 5.41) is 9.86. The molecule has 0 spiro atoms. The smallest absolute Gasteiger partial charge is 0.167 e. The summed E-state index contributed by atoms with van der Waals surface area (Å²) < 4.78 is 4.53. The van der Waals surface area contributed by atoms with Gasteiger partial charge in [0.1, 0.15) is 11.3 Å². The van der Waals surface area contributed by atoms with Crippen LogP contribution in [0.25, 0.3) is 110 Å². The topological polar surface area (TPSA) is 35.6 Å². The molecule has 9 aromatic carbocycles. The molecule has 3 heterocycles. The van der Waals surface area contributed by atoms with Crippen LogP contribution in [0.1, 0.15) is 0 Å². The molecule has 3 aromatic heterocycles. The molecule has 0 bridgehead atoms. The van der Waals surface area contributed by atoms with E-state index >= 15 is 0 Å². The third kappa shape index (κ3) is 4.88. The normalized spacial score (nSPS) is 11.8. The molecule has 4 heteroatoms. The van der Waals surface area contributed by atoms with Gasteiger partial charge in [0.2, 0.25) is 0 Å². The summed E-state index contributed by atoms with van der Waals surface area (Å²) in [6.45, 7) is 0. The van der Waals surface area contributed by atoms with E-state index in [4.69, 9.17) is 9.97 Å². The van der Waals surface area contributed by atoms with Crippen molar-refractivity contribution in [2.24, 2.45) is 0 Å². The van der Waals surface area contributed by atoms with E-state index in [1.165, 1.54) is 59.8 Å². The Hall–Kier alpha value is -7.82. The number of pyridine rings is 1. The number of benzene rings is 9. The third-order valence-corrected chi connectivity index (χ3v) is 11.8. The second kappa shape index (κ2) is 12.9. The number of hydrogen-bond acceptors (Lipinski definition) is 2. The summed E-state index contributed by atoms with van der Waals surface area (Å²) in [6, 6.07) is 71.9. The maximum Gasteiger partial charge on any atom is 0.167 e. The molecule has 270 valence electrons. The van der Waals surface area contributed by atoms with Crippen molar-refractivity contribution < 1.29 is 0 Å². The van der Waals surface area contributed by atoms with E-state index in [1.807, 2.05) is 12.3 Å². The van der Waals surface area contributed by atoms with Crippen LogP contribution in [0.3, 0.4) is 0 Å². The zero-order valence-corrected chi connectivity index (χ0v) is 31.4. The fraction of sp³-hybridized carbons (Fsp3) is 0. The fourth-order valence-corrected chi connectivity index (χ4v) is 9.22. The van der Waals surface area contributed by atoms with E-state index in [9.17, 15) is 0 Å². The first kappa shape index (κ1) is 32.4. The minimum absolute atomic E-state index is 0.811. The van der Waals surface area contributed by atoms with Gasteiger partial charge in [-0.3, -0.25) is 4.57 Å². The van der Waals surface area contributed by atoms with Gasteiger partial charge in [0.05, 0.1) is 16.7 Å². The van der Waals surface area contributed by atoms with Gasteiger partial charge in [-0.05, 0) is 91.0 Å². The van der Waals surface area contributed by atoms with Gasteiger partial charge < -0.3 is 4.57 Å². The average Bonchev–Trinajstić information content (AvgIpc) is 3.85. The Balaban J connectivity index is 1.06. The predicted molar refractivity (Wildman–Crippen MR) is 242 cm³/mol. The van der Waals surface area contributed by atoms with E-state index in [0.717, 1.165) is 50.5 Å². The Kier molecular flexibility index (Phi) is 7.20. The van der Waals surface area contributed by atoms with Gasteiger partial charge in [-0.15, -0.1) is 0 Å². The maximum absolute atomic E-state index is 5.48. The van der Waals surface area contributed by atoms with Crippen LogP contribution in [-0.2, 0) is 0 Å². The average molecular weight is 739 g/mol. The lowest BCUT2D eigenvalue weighted by Gasteiger charge is -2.18. The van der Waals surface area contributed by atoms with E-state index in [1.54, 1.807) is 0 Å². The molecular weight excluding hydrogens is 705 g/mol. The minimum atomic E-state index is 0.811. The summed E-state index contributed by atoms with van der Waals surface area (Å²) in [6.07, 6.45) is 1.91.